The Hall–Kier alpha value is -2.79. The van der Waals surface area contributed by atoms with Crippen LogP contribution in [0.1, 0.15) is 23.6 Å². The summed E-state index contributed by atoms with van der Waals surface area (Å²) in [5, 5.41) is 11.3. The number of carbonyl (C=O) groups is 1. The number of allylic oxidation sites excluding steroid dienone is 1. The average Bonchev–Trinajstić information content (AvgIpc) is 3.14. The lowest BCUT2D eigenvalue weighted by Gasteiger charge is -2.15. The van der Waals surface area contributed by atoms with Crippen LogP contribution in [0.15, 0.2) is 39.9 Å². The summed E-state index contributed by atoms with van der Waals surface area (Å²) in [6.45, 7) is 4.73. The number of hydrogen-bond acceptors (Lipinski definition) is 4. The molecule has 0 saturated heterocycles. The number of likely N-dealkylation sites (N-methyl/N-ethyl adjacent to an activating group) is 1. The lowest BCUT2D eigenvalue weighted by Crippen LogP contribution is -2.27. The zero-order valence-electron chi connectivity index (χ0n) is 15.4. The Bertz CT molecular complexity index is 1110. The molecule has 2 aliphatic rings. The van der Waals surface area contributed by atoms with Crippen molar-refractivity contribution in [2.75, 3.05) is 20.6 Å². The molecule has 2 heterocycles. The summed E-state index contributed by atoms with van der Waals surface area (Å²) >= 11 is 0. The topological polar surface area (TPSA) is 65.3 Å². The minimum absolute atomic E-state index is 0.145. The Kier molecular flexibility index (Phi) is 3.77. The van der Waals surface area contributed by atoms with Gasteiger partial charge in [-0.3, -0.25) is 0 Å². The summed E-state index contributed by atoms with van der Waals surface area (Å²) in [5.74, 6) is -0.978. The molecule has 132 valence electrons. The van der Waals surface area contributed by atoms with Gasteiger partial charge in [-0.05, 0) is 57.1 Å². The van der Waals surface area contributed by atoms with Gasteiger partial charge >= 0.3 is 5.97 Å². The highest BCUT2D eigenvalue weighted by molar-refractivity contribution is 5.98. The van der Waals surface area contributed by atoms with Crippen LogP contribution < -0.4 is 10.7 Å². The molecule has 5 heteroatoms. The highest BCUT2D eigenvalue weighted by atomic mass is 16.4. The van der Waals surface area contributed by atoms with Crippen LogP contribution in [0.3, 0.4) is 0 Å². The maximum Gasteiger partial charge on any atom is 0.354 e. The summed E-state index contributed by atoms with van der Waals surface area (Å²) < 4.78 is 0. The summed E-state index contributed by atoms with van der Waals surface area (Å²) in [6.07, 6.45) is 0.797. The fourth-order valence-corrected chi connectivity index (χ4v) is 3.91. The van der Waals surface area contributed by atoms with Crippen molar-refractivity contribution in [2.45, 2.75) is 20.3 Å². The Labute approximate surface area is 152 Å². The zero-order chi connectivity index (χ0) is 18.6. The van der Waals surface area contributed by atoms with Gasteiger partial charge < -0.3 is 10.0 Å². The number of carboxylic acids is 1. The van der Waals surface area contributed by atoms with E-state index in [9.17, 15) is 9.90 Å². The molecule has 4 rings (SSSR count). The minimum atomic E-state index is -0.978. The molecule has 0 saturated carbocycles. The van der Waals surface area contributed by atoms with Crippen LogP contribution in [0.5, 0.6) is 0 Å². The van der Waals surface area contributed by atoms with Crippen molar-refractivity contribution in [3.05, 3.63) is 57.4 Å². The van der Waals surface area contributed by atoms with Crippen LogP contribution in [0.2, 0.25) is 0 Å². The molecule has 0 unspecified atom stereocenters. The van der Waals surface area contributed by atoms with E-state index in [2.05, 4.69) is 16.0 Å². The van der Waals surface area contributed by atoms with Gasteiger partial charge in [-0.1, -0.05) is 18.2 Å². The van der Waals surface area contributed by atoms with Crippen molar-refractivity contribution < 1.29 is 9.90 Å². The number of aliphatic carboxylic acids is 1. The zero-order valence-corrected chi connectivity index (χ0v) is 15.4. The van der Waals surface area contributed by atoms with E-state index in [1.807, 2.05) is 46.1 Å². The van der Waals surface area contributed by atoms with Crippen molar-refractivity contribution in [3.8, 4) is 11.1 Å². The maximum absolute atomic E-state index is 11.6. The number of para-hydroxylation sites is 1. The minimum Gasteiger partial charge on any atom is -0.477 e. The number of benzene rings is 2. The number of hydrogen-bond donors (Lipinski definition) is 1. The molecule has 0 radical (unpaired) electrons. The fraction of sp³-hybridized carbons (Fsp3) is 0.286. The lowest BCUT2D eigenvalue weighted by atomic mass is 9.90. The Balaban J connectivity index is 2.08. The first-order chi connectivity index (χ1) is 12.4. The molecule has 0 aromatic heterocycles. The van der Waals surface area contributed by atoms with Gasteiger partial charge in [0, 0.05) is 23.2 Å². The van der Waals surface area contributed by atoms with Crippen LogP contribution in [-0.4, -0.2) is 36.6 Å². The van der Waals surface area contributed by atoms with Crippen LogP contribution >= 0.6 is 0 Å². The Morgan fingerprint density at radius 2 is 1.81 bits per heavy atom. The molecule has 0 bridgehead atoms. The first kappa shape index (κ1) is 16.7. The lowest BCUT2D eigenvalue weighted by molar-refractivity contribution is -0.132. The standard InChI is InChI=1S/C21H21N3O2/c1-11-16-12(2)19(21(25)26)23-20(16)14(9-10-24(3)4)17-13-7-5-6-8-15(13)22-18(11)17/h5-8H,9-10H2,1-4H3,(H,25,26). The number of fused-ring (bicyclic) bond motifs is 4. The second-order valence-corrected chi connectivity index (χ2v) is 7.12. The highest BCUT2D eigenvalue weighted by Crippen LogP contribution is 2.36. The van der Waals surface area contributed by atoms with Gasteiger partial charge in [-0.15, -0.1) is 0 Å². The van der Waals surface area contributed by atoms with Crippen LogP contribution in [0.25, 0.3) is 16.7 Å². The van der Waals surface area contributed by atoms with E-state index in [1.54, 1.807) is 0 Å². The van der Waals surface area contributed by atoms with Crippen molar-refractivity contribution in [1.82, 2.24) is 4.90 Å². The molecule has 1 N–H and O–H groups in total. The molecule has 5 nitrogen and oxygen atoms in total. The molecular formula is C21H21N3O2. The molecule has 2 aromatic carbocycles. The molecule has 2 aliphatic heterocycles. The fourth-order valence-electron chi connectivity index (χ4n) is 3.91. The van der Waals surface area contributed by atoms with Crippen LogP contribution in [-0.2, 0) is 11.2 Å². The summed E-state index contributed by atoms with van der Waals surface area (Å²) in [5.41, 5.74) is 7.11. The third kappa shape index (κ3) is 2.31. The Morgan fingerprint density at radius 1 is 1.08 bits per heavy atom. The van der Waals surface area contributed by atoms with Gasteiger partial charge in [0.05, 0.1) is 16.4 Å². The first-order valence-electron chi connectivity index (χ1n) is 8.71. The summed E-state index contributed by atoms with van der Waals surface area (Å²) in [6, 6.07) is 8.13. The molecule has 0 fully saturated rings. The van der Waals surface area contributed by atoms with E-state index in [-0.39, 0.29) is 5.70 Å². The van der Waals surface area contributed by atoms with Gasteiger partial charge in [-0.2, -0.15) is 0 Å². The van der Waals surface area contributed by atoms with Crippen molar-refractivity contribution in [3.63, 3.8) is 0 Å². The maximum atomic E-state index is 11.6. The van der Waals surface area contributed by atoms with Crippen molar-refractivity contribution in [2.24, 2.45) is 9.98 Å². The van der Waals surface area contributed by atoms with E-state index in [0.717, 1.165) is 62.8 Å². The SMILES string of the molecule is CC1=C(C(=O)O)N=c2c(CCN(C)C)c3c(c(C)c21)=Nc1ccccc1-3. The largest absolute Gasteiger partial charge is 0.477 e. The van der Waals surface area contributed by atoms with Gasteiger partial charge in [0.1, 0.15) is 0 Å². The van der Waals surface area contributed by atoms with Crippen molar-refractivity contribution in [1.29, 1.82) is 0 Å². The van der Waals surface area contributed by atoms with Crippen LogP contribution in [0.4, 0.5) is 5.69 Å². The van der Waals surface area contributed by atoms with E-state index < -0.39 is 5.97 Å². The van der Waals surface area contributed by atoms with Crippen molar-refractivity contribution >= 4 is 17.2 Å². The highest BCUT2D eigenvalue weighted by Gasteiger charge is 2.29. The van der Waals surface area contributed by atoms with Crippen LogP contribution in [0, 0.1) is 6.92 Å². The van der Waals surface area contributed by atoms with Gasteiger partial charge in [-0.25, -0.2) is 14.8 Å². The number of carboxylic acid groups (broad SMARTS) is 1. The summed E-state index contributed by atoms with van der Waals surface area (Å²) in [7, 11) is 4.08. The number of nitrogens with zero attached hydrogens (tertiary/aromatic N) is 3. The van der Waals surface area contributed by atoms with Gasteiger partial charge in [0.25, 0.3) is 0 Å². The number of rotatable bonds is 4. The molecular weight excluding hydrogens is 326 g/mol. The molecule has 2 aromatic rings. The van der Waals surface area contributed by atoms with E-state index >= 15 is 0 Å². The quantitative estimate of drug-likeness (QED) is 0.788. The second kappa shape index (κ2) is 5.88. The third-order valence-electron chi connectivity index (χ3n) is 5.16. The third-order valence-corrected chi connectivity index (χ3v) is 5.16. The van der Waals surface area contributed by atoms with Gasteiger partial charge in [0.2, 0.25) is 0 Å². The predicted octanol–water partition coefficient (Wildman–Crippen LogP) is 2.48. The molecule has 0 spiro atoms. The molecule has 0 atom stereocenters. The van der Waals surface area contributed by atoms with E-state index in [0.29, 0.717) is 0 Å². The predicted molar refractivity (Wildman–Crippen MR) is 101 cm³/mol. The normalized spacial score (nSPS) is 14.0. The molecule has 0 aliphatic carbocycles. The molecule has 0 amide bonds. The Morgan fingerprint density at radius 3 is 2.50 bits per heavy atom. The van der Waals surface area contributed by atoms with E-state index in [4.69, 9.17) is 4.99 Å². The smallest absolute Gasteiger partial charge is 0.354 e. The molecule has 26 heavy (non-hydrogen) atoms. The first-order valence-corrected chi connectivity index (χ1v) is 8.71. The summed E-state index contributed by atoms with van der Waals surface area (Å²) in [4.78, 5) is 23.2. The van der Waals surface area contributed by atoms with E-state index in [1.165, 1.54) is 0 Å². The monoisotopic (exact) mass is 347 g/mol. The second-order valence-electron chi connectivity index (χ2n) is 7.12. The average molecular weight is 347 g/mol. The van der Waals surface area contributed by atoms with Gasteiger partial charge in [0.15, 0.2) is 5.70 Å².